The fourth-order valence-corrected chi connectivity index (χ4v) is 10.3. The second kappa shape index (κ2) is 13.9. The molecule has 2 heterocycles. The molecule has 0 atom stereocenters. The third kappa shape index (κ3) is 5.74. The Morgan fingerprint density at radius 3 is 1.75 bits per heavy atom. The van der Waals surface area contributed by atoms with E-state index in [1.54, 1.807) is 0 Å². The van der Waals surface area contributed by atoms with E-state index < -0.39 is 0 Å². The van der Waals surface area contributed by atoms with Gasteiger partial charge in [0, 0.05) is 32.9 Å². The molecular formula is C61H40N2O. The van der Waals surface area contributed by atoms with Crippen LogP contribution in [0.4, 0.5) is 0 Å². The molecule has 3 nitrogen and oxygen atoms in total. The first-order chi connectivity index (χ1) is 31.4. The second-order valence-corrected chi connectivity index (χ2v) is 17.8. The summed E-state index contributed by atoms with van der Waals surface area (Å²) in [7, 11) is 0. The average molecular weight is 817 g/mol. The van der Waals surface area contributed by atoms with Gasteiger partial charge in [-0.3, -0.25) is 0 Å². The predicted octanol–water partition coefficient (Wildman–Crippen LogP) is 16.5. The summed E-state index contributed by atoms with van der Waals surface area (Å²) in [5.74, 6) is 0.715. The summed E-state index contributed by atoms with van der Waals surface area (Å²) in [5.41, 5.74) is 16.6. The highest BCUT2D eigenvalue weighted by atomic mass is 16.3. The molecule has 0 bridgehead atoms. The van der Waals surface area contributed by atoms with E-state index in [-0.39, 0.29) is 5.41 Å². The van der Waals surface area contributed by atoms with Crippen molar-refractivity contribution in [3.63, 3.8) is 0 Å². The van der Waals surface area contributed by atoms with E-state index in [9.17, 15) is 0 Å². The van der Waals surface area contributed by atoms with Crippen LogP contribution in [0.2, 0.25) is 0 Å². The summed E-state index contributed by atoms with van der Waals surface area (Å²) in [5, 5.41) is 9.60. The van der Waals surface area contributed by atoms with Crippen molar-refractivity contribution in [3.8, 4) is 67.3 Å². The van der Waals surface area contributed by atoms with Gasteiger partial charge < -0.3 is 4.42 Å². The monoisotopic (exact) mass is 816 g/mol. The molecule has 0 unspecified atom stereocenters. The Balaban J connectivity index is 0.863. The van der Waals surface area contributed by atoms with Crippen LogP contribution in [0.3, 0.4) is 0 Å². The minimum Gasteiger partial charge on any atom is -0.456 e. The van der Waals surface area contributed by atoms with Crippen LogP contribution in [-0.4, -0.2) is 9.97 Å². The lowest BCUT2D eigenvalue weighted by atomic mass is 9.81. The Hall–Kier alpha value is -8.14. The molecule has 10 aromatic carbocycles. The summed E-state index contributed by atoms with van der Waals surface area (Å²) in [6, 6.07) is 74.3. The van der Waals surface area contributed by atoms with Gasteiger partial charge in [-0.1, -0.05) is 172 Å². The molecule has 1 aliphatic carbocycles. The maximum absolute atomic E-state index is 6.28. The highest BCUT2D eigenvalue weighted by molar-refractivity contribution is 6.19. The van der Waals surface area contributed by atoms with Gasteiger partial charge in [0.05, 0.1) is 11.4 Å². The Kier molecular flexibility index (Phi) is 7.95. The van der Waals surface area contributed by atoms with Crippen LogP contribution < -0.4 is 0 Å². The number of hydrogen-bond acceptors (Lipinski definition) is 3. The lowest BCUT2D eigenvalue weighted by Gasteiger charge is -2.22. The summed E-state index contributed by atoms with van der Waals surface area (Å²) in [6.45, 7) is 4.69. The molecule has 0 aliphatic heterocycles. The lowest BCUT2D eigenvalue weighted by molar-refractivity contribution is 0.661. The minimum absolute atomic E-state index is 0.149. The molecule has 0 N–H and O–H groups in total. The molecule has 64 heavy (non-hydrogen) atoms. The van der Waals surface area contributed by atoms with Crippen LogP contribution in [0.25, 0.3) is 122 Å². The number of hydrogen-bond donors (Lipinski definition) is 0. The van der Waals surface area contributed by atoms with Crippen molar-refractivity contribution in [2.24, 2.45) is 0 Å². The van der Waals surface area contributed by atoms with E-state index in [4.69, 9.17) is 14.4 Å². The smallest absolute Gasteiger partial charge is 0.160 e. The van der Waals surface area contributed by atoms with E-state index in [2.05, 4.69) is 214 Å². The molecule has 300 valence electrons. The topological polar surface area (TPSA) is 38.9 Å². The fraction of sp³-hybridized carbons (Fsp3) is 0.0492. The van der Waals surface area contributed by atoms with Crippen LogP contribution in [-0.2, 0) is 5.41 Å². The highest BCUT2D eigenvalue weighted by Gasteiger charge is 2.37. The summed E-state index contributed by atoms with van der Waals surface area (Å²) in [4.78, 5) is 10.5. The van der Waals surface area contributed by atoms with Crippen molar-refractivity contribution in [1.29, 1.82) is 0 Å². The first-order valence-electron chi connectivity index (χ1n) is 22.0. The number of furan rings is 1. The number of nitrogens with zero attached hydrogens (tertiary/aromatic N) is 2. The van der Waals surface area contributed by atoms with E-state index in [0.29, 0.717) is 5.82 Å². The molecule has 0 radical (unpaired) electrons. The lowest BCUT2D eigenvalue weighted by Crippen LogP contribution is -2.14. The third-order valence-electron chi connectivity index (χ3n) is 13.6. The SMILES string of the molecule is CC1(C)c2cc3ccccc3cc2-c2c(-c3cc(-c4ccc5cc(-c6ccc(-c7ccc8oc9ccc%10ccccc%10c9c8c7)cc6)ccc5c4)nc(-c4ccccc4)n3)cccc21. The van der Waals surface area contributed by atoms with Gasteiger partial charge in [0.1, 0.15) is 11.2 Å². The van der Waals surface area contributed by atoms with Gasteiger partial charge in [-0.2, -0.15) is 0 Å². The number of fused-ring (bicyclic) bond motifs is 10. The van der Waals surface area contributed by atoms with E-state index in [1.807, 2.05) is 6.07 Å². The van der Waals surface area contributed by atoms with E-state index in [0.717, 1.165) is 50.0 Å². The van der Waals surface area contributed by atoms with Gasteiger partial charge in [0.15, 0.2) is 5.82 Å². The first-order valence-corrected chi connectivity index (χ1v) is 22.0. The molecule has 13 rings (SSSR count). The normalized spacial score (nSPS) is 13.0. The Morgan fingerprint density at radius 2 is 0.953 bits per heavy atom. The summed E-state index contributed by atoms with van der Waals surface area (Å²) in [6.07, 6.45) is 0. The average Bonchev–Trinajstić information content (AvgIpc) is 3.84. The molecule has 0 saturated carbocycles. The van der Waals surface area contributed by atoms with Gasteiger partial charge in [-0.15, -0.1) is 0 Å². The van der Waals surface area contributed by atoms with Gasteiger partial charge in [0.2, 0.25) is 0 Å². The van der Waals surface area contributed by atoms with Crippen LogP contribution in [0.1, 0.15) is 25.0 Å². The molecule has 0 fully saturated rings. The predicted molar refractivity (Wildman–Crippen MR) is 267 cm³/mol. The Morgan fingerprint density at radius 1 is 0.359 bits per heavy atom. The van der Waals surface area contributed by atoms with Crippen molar-refractivity contribution >= 4 is 54.3 Å². The van der Waals surface area contributed by atoms with Crippen LogP contribution in [0.15, 0.2) is 211 Å². The molecule has 12 aromatic rings. The van der Waals surface area contributed by atoms with E-state index in [1.165, 1.54) is 76.8 Å². The molecule has 2 aromatic heterocycles. The minimum atomic E-state index is -0.149. The van der Waals surface area contributed by atoms with Gasteiger partial charge >= 0.3 is 0 Å². The number of rotatable bonds is 5. The molecular weight excluding hydrogens is 777 g/mol. The quantitative estimate of drug-likeness (QED) is 0.174. The third-order valence-corrected chi connectivity index (χ3v) is 13.6. The molecule has 3 heteroatoms. The standard InChI is InChI=1S/C61H40N2O/c1-61(2)52-18-10-17-49(58(52)50-33-41-14-6-7-15-42(41)35-53(50)61)55-36-54(62-60(63-55)40-12-4-3-5-13-40)47-26-25-44-31-43(23-24-45(44)32-47)37-19-21-38(22-20-37)46-28-29-56-51(34-46)59-48-16-9-8-11-39(48)27-30-57(59)64-56/h3-36H,1-2H3. The molecule has 1 aliphatic rings. The zero-order valence-corrected chi connectivity index (χ0v) is 35.4. The van der Waals surface area contributed by atoms with Crippen LogP contribution in [0.5, 0.6) is 0 Å². The Labute approximate surface area is 371 Å². The summed E-state index contributed by atoms with van der Waals surface area (Å²) < 4.78 is 6.28. The second-order valence-electron chi connectivity index (χ2n) is 17.8. The molecule has 0 spiro atoms. The highest BCUT2D eigenvalue weighted by Crippen LogP contribution is 2.53. The van der Waals surface area contributed by atoms with Crippen LogP contribution >= 0.6 is 0 Å². The van der Waals surface area contributed by atoms with Crippen molar-refractivity contribution in [2.45, 2.75) is 19.3 Å². The largest absolute Gasteiger partial charge is 0.456 e. The zero-order valence-electron chi connectivity index (χ0n) is 35.4. The number of aromatic nitrogens is 2. The van der Waals surface area contributed by atoms with Crippen molar-refractivity contribution in [1.82, 2.24) is 9.97 Å². The van der Waals surface area contributed by atoms with Crippen molar-refractivity contribution in [2.75, 3.05) is 0 Å². The first kappa shape index (κ1) is 36.5. The van der Waals surface area contributed by atoms with Crippen molar-refractivity contribution < 1.29 is 4.42 Å². The maximum atomic E-state index is 6.28. The van der Waals surface area contributed by atoms with Crippen LogP contribution in [0, 0.1) is 0 Å². The number of benzene rings is 10. The van der Waals surface area contributed by atoms with Gasteiger partial charge in [0.25, 0.3) is 0 Å². The zero-order chi connectivity index (χ0) is 42.5. The fourth-order valence-electron chi connectivity index (χ4n) is 10.3. The van der Waals surface area contributed by atoms with E-state index >= 15 is 0 Å². The van der Waals surface area contributed by atoms with Gasteiger partial charge in [-0.25, -0.2) is 9.97 Å². The van der Waals surface area contributed by atoms with Gasteiger partial charge in [-0.05, 0) is 125 Å². The molecule has 0 amide bonds. The summed E-state index contributed by atoms with van der Waals surface area (Å²) >= 11 is 0. The van der Waals surface area contributed by atoms with Crippen molar-refractivity contribution in [3.05, 3.63) is 217 Å². The maximum Gasteiger partial charge on any atom is 0.160 e. The Bertz CT molecular complexity index is 3860. The molecule has 0 saturated heterocycles.